The topological polar surface area (TPSA) is 75.4 Å². The van der Waals surface area contributed by atoms with E-state index in [9.17, 15) is 4.79 Å². The molecule has 0 atom stereocenters. The SMILES string of the molecule is CC(C)(CCN)CCC(=O)NCCO. The summed E-state index contributed by atoms with van der Waals surface area (Å²) in [6, 6.07) is 0. The fourth-order valence-electron chi connectivity index (χ4n) is 1.25. The fraction of sp³-hybridized carbons (Fsp3) is 0.900. The lowest BCUT2D eigenvalue weighted by Crippen LogP contribution is -2.28. The molecule has 0 aliphatic carbocycles. The molecule has 14 heavy (non-hydrogen) atoms. The Bertz CT molecular complexity index is 170. The molecule has 0 aromatic heterocycles. The maximum absolute atomic E-state index is 11.2. The molecule has 0 fully saturated rings. The van der Waals surface area contributed by atoms with Gasteiger partial charge < -0.3 is 16.2 Å². The highest BCUT2D eigenvalue weighted by Crippen LogP contribution is 2.25. The van der Waals surface area contributed by atoms with Crippen LogP contribution in [0.1, 0.15) is 33.1 Å². The Kier molecular flexibility index (Phi) is 6.49. The molecular weight excluding hydrogens is 180 g/mol. The van der Waals surface area contributed by atoms with E-state index < -0.39 is 0 Å². The highest BCUT2D eigenvalue weighted by Gasteiger charge is 2.17. The molecule has 84 valence electrons. The van der Waals surface area contributed by atoms with Crippen molar-refractivity contribution in [2.75, 3.05) is 19.7 Å². The van der Waals surface area contributed by atoms with Gasteiger partial charge in [-0.15, -0.1) is 0 Å². The molecule has 1 amide bonds. The molecular formula is C10H22N2O2. The Morgan fingerprint density at radius 2 is 2.07 bits per heavy atom. The Balaban J connectivity index is 3.64. The number of rotatable bonds is 7. The number of aliphatic hydroxyl groups is 1. The Morgan fingerprint density at radius 1 is 1.43 bits per heavy atom. The van der Waals surface area contributed by atoms with Crippen LogP contribution in [0.4, 0.5) is 0 Å². The van der Waals surface area contributed by atoms with E-state index in [1.54, 1.807) is 0 Å². The van der Waals surface area contributed by atoms with Gasteiger partial charge >= 0.3 is 0 Å². The van der Waals surface area contributed by atoms with Crippen LogP contribution in [0.15, 0.2) is 0 Å². The summed E-state index contributed by atoms with van der Waals surface area (Å²) in [5.74, 6) is 0.00384. The summed E-state index contributed by atoms with van der Waals surface area (Å²) in [6.45, 7) is 5.22. The van der Waals surface area contributed by atoms with Crippen molar-refractivity contribution in [1.82, 2.24) is 5.32 Å². The van der Waals surface area contributed by atoms with Crippen LogP contribution in [0.2, 0.25) is 0 Å². The maximum atomic E-state index is 11.2. The standard InChI is InChI=1S/C10H22N2O2/c1-10(2,5-6-11)4-3-9(14)12-7-8-13/h13H,3-8,11H2,1-2H3,(H,12,14). The van der Waals surface area contributed by atoms with E-state index in [0.717, 1.165) is 12.8 Å². The molecule has 0 aromatic carbocycles. The average molecular weight is 202 g/mol. The average Bonchev–Trinajstić information content (AvgIpc) is 2.11. The van der Waals surface area contributed by atoms with Crippen LogP contribution in [-0.4, -0.2) is 30.7 Å². The lowest BCUT2D eigenvalue weighted by molar-refractivity contribution is -0.121. The summed E-state index contributed by atoms with van der Waals surface area (Å²) in [5.41, 5.74) is 5.60. The highest BCUT2D eigenvalue weighted by atomic mass is 16.3. The molecule has 0 heterocycles. The van der Waals surface area contributed by atoms with E-state index in [2.05, 4.69) is 19.2 Å². The van der Waals surface area contributed by atoms with Crippen molar-refractivity contribution in [3.63, 3.8) is 0 Å². The van der Waals surface area contributed by atoms with Gasteiger partial charge in [-0.05, 0) is 24.8 Å². The van der Waals surface area contributed by atoms with E-state index in [1.165, 1.54) is 0 Å². The Hall–Kier alpha value is -0.610. The third kappa shape index (κ3) is 6.86. The van der Waals surface area contributed by atoms with Gasteiger partial charge in [0, 0.05) is 13.0 Å². The number of amides is 1. The first kappa shape index (κ1) is 13.4. The van der Waals surface area contributed by atoms with E-state index in [-0.39, 0.29) is 17.9 Å². The first-order valence-corrected chi connectivity index (χ1v) is 5.09. The largest absolute Gasteiger partial charge is 0.395 e. The second-order valence-electron chi connectivity index (χ2n) is 4.28. The summed E-state index contributed by atoms with van der Waals surface area (Å²) in [6.07, 6.45) is 2.27. The van der Waals surface area contributed by atoms with Crippen molar-refractivity contribution in [1.29, 1.82) is 0 Å². The summed E-state index contributed by atoms with van der Waals surface area (Å²) in [5, 5.41) is 11.1. The van der Waals surface area contributed by atoms with E-state index in [0.29, 0.717) is 19.5 Å². The molecule has 4 N–H and O–H groups in total. The number of aliphatic hydroxyl groups excluding tert-OH is 1. The van der Waals surface area contributed by atoms with Crippen molar-refractivity contribution < 1.29 is 9.90 Å². The smallest absolute Gasteiger partial charge is 0.220 e. The van der Waals surface area contributed by atoms with Gasteiger partial charge in [0.15, 0.2) is 0 Å². The summed E-state index contributed by atoms with van der Waals surface area (Å²) < 4.78 is 0. The van der Waals surface area contributed by atoms with Gasteiger partial charge in [0.05, 0.1) is 6.61 Å². The normalized spacial score (nSPS) is 11.4. The molecule has 0 saturated carbocycles. The predicted octanol–water partition coefficient (Wildman–Crippen LogP) is 0.250. The Labute approximate surface area is 85.9 Å². The number of nitrogens with one attached hydrogen (secondary N) is 1. The maximum Gasteiger partial charge on any atom is 0.220 e. The van der Waals surface area contributed by atoms with Crippen LogP contribution in [0.3, 0.4) is 0 Å². The number of hydrogen-bond donors (Lipinski definition) is 3. The number of hydrogen-bond acceptors (Lipinski definition) is 3. The first-order valence-electron chi connectivity index (χ1n) is 5.09. The predicted molar refractivity (Wildman–Crippen MR) is 56.8 cm³/mol. The van der Waals surface area contributed by atoms with Crippen molar-refractivity contribution >= 4 is 5.91 Å². The summed E-state index contributed by atoms with van der Waals surface area (Å²) in [4.78, 5) is 11.2. The minimum atomic E-state index is -0.00205. The van der Waals surface area contributed by atoms with Gasteiger partial charge in [-0.2, -0.15) is 0 Å². The second-order valence-corrected chi connectivity index (χ2v) is 4.28. The lowest BCUT2D eigenvalue weighted by Gasteiger charge is -2.23. The Morgan fingerprint density at radius 3 is 2.57 bits per heavy atom. The number of carbonyl (C=O) groups excluding carboxylic acids is 1. The van der Waals surface area contributed by atoms with Gasteiger partial charge in [-0.3, -0.25) is 4.79 Å². The quantitative estimate of drug-likeness (QED) is 0.554. The van der Waals surface area contributed by atoms with Gasteiger partial charge in [-0.1, -0.05) is 13.8 Å². The van der Waals surface area contributed by atoms with E-state index >= 15 is 0 Å². The molecule has 0 aromatic rings. The highest BCUT2D eigenvalue weighted by molar-refractivity contribution is 5.75. The third-order valence-electron chi connectivity index (χ3n) is 2.28. The number of nitrogens with two attached hydrogens (primary N) is 1. The minimum absolute atomic E-state index is 0.00205. The van der Waals surface area contributed by atoms with Crippen LogP contribution >= 0.6 is 0 Å². The number of carbonyl (C=O) groups is 1. The van der Waals surface area contributed by atoms with E-state index in [1.807, 2.05) is 0 Å². The van der Waals surface area contributed by atoms with Crippen LogP contribution in [0.25, 0.3) is 0 Å². The molecule has 0 bridgehead atoms. The van der Waals surface area contributed by atoms with Crippen LogP contribution in [-0.2, 0) is 4.79 Å². The van der Waals surface area contributed by atoms with Crippen molar-refractivity contribution in [3.05, 3.63) is 0 Å². The summed E-state index contributed by atoms with van der Waals surface area (Å²) >= 11 is 0. The van der Waals surface area contributed by atoms with Crippen LogP contribution in [0, 0.1) is 5.41 Å². The molecule has 0 radical (unpaired) electrons. The van der Waals surface area contributed by atoms with Crippen molar-refractivity contribution in [2.24, 2.45) is 11.1 Å². The fourth-order valence-corrected chi connectivity index (χ4v) is 1.25. The van der Waals surface area contributed by atoms with Crippen LogP contribution < -0.4 is 11.1 Å². The summed E-state index contributed by atoms with van der Waals surface area (Å²) in [7, 11) is 0. The van der Waals surface area contributed by atoms with Crippen molar-refractivity contribution in [3.8, 4) is 0 Å². The zero-order chi connectivity index (χ0) is 11.0. The van der Waals surface area contributed by atoms with Crippen molar-refractivity contribution in [2.45, 2.75) is 33.1 Å². The zero-order valence-corrected chi connectivity index (χ0v) is 9.18. The molecule has 0 unspecified atom stereocenters. The zero-order valence-electron chi connectivity index (χ0n) is 9.18. The molecule has 4 nitrogen and oxygen atoms in total. The first-order chi connectivity index (χ1) is 6.52. The van der Waals surface area contributed by atoms with Gasteiger partial charge in [-0.25, -0.2) is 0 Å². The minimum Gasteiger partial charge on any atom is -0.395 e. The van der Waals surface area contributed by atoms with Gasteiger partial charge in [0.25, 0.3) is 0 Å². The van der Waals surface area contributed by atoms with E-state index in [4.69, 9.17) is 10.8 Å². The third-order valence-corrected chi connectivity index (χ3v) is 2.28. The molecule has 0 aliphatic rings. The lowest BCUT2D eigenvalue weighted by atomic mass is 9.84. The molecule has 0 aliphatic heterocycles. The molecule has 0 spiro atoms. The molecule has 0 saturated heterocycles. The molecule has 4 heteroatoms. The second kappa shape index (κ2) is 6.79. The van der Waals surface area contributed by atoms with Gasteiger partial charge in [0.2, 0.25) is 5.91 Å². The monoisotopic (exact) mass is 202 g/mol. The van der Waals surface area contributed by atoms with Crippen LogP contribution in [0.5, 0.6) is 0 Å². The van der Waals surface area contributed by atoms with Gasteiger partial charge in [0.1, 0.15) is 0 Å². The molecule has 0 rings (SSSR count).